The molecule has 7 nitrogen and oxygen atoms in total. The molecule has 1 amide bonds. The predicted octanol–water partition coefficient (Wildman–Crippen LogP) is 1.75. The van der Waals surface area contributed by atoms with Gasteiger partial charge in [-0.25, -0.2) is 0 Å². The Hall–Kier alpha value is -1.70. The lowest BCUT2D eigenvalue weighted by atomic mass is 9.98. The minimum atomic E-state index is -1.11. The molecular formula is C14H17ClN2O5. The van der Waals surface area contributed by atoms with E-state index in [1.54, 1.807) is 0 Å². The van der Waals surface area contributed by atoms with Gasteiger partial charge in [0.05, 0.1) is 16.0 Å². The van der Waals surface area contributed by atoms with Crippen molar-refractivity contribution in [3.63, 3.8) is 0 Å². The zero-order valence-corrected chi connectivity index (χ0v) is 13.0. The van der Waals surface area contributed by atoms with Gasteiger partial charge in [0.15, 0.2) is 0 Å². The van der Waals surface area contributed by atoms with Gasteiger partial charge in [0.1, 0.15) is 12.2 Å². The van der Waals surface area contributed by atoms with Crippen molar-refractivity contribution in [3.8, 4) is 0 Å². The Balaban J connectivity index is 2.47. The fourth-order valence-corrected chi connectivity index (χ4v) is 3.16. The van der Waals surface area contributed by atoms with Crippen LogP contribution in [0.5, 0.6) is 0 Å². The lowest BCUT2D eigenvalue weighted by Gasteiger charge is -2.28. The quantitative estimate of drug-likeness (QED) is 0.500. The van der Waals surface area contributed by atoms with Gasteiger partial charge in [-0.1, -0.05) is 11.6 Å². The van der Waals surface area contributed by atoms with Gasteiger partial charge in [-0.2, -0.15) is 0 Å². The Bertz CT molecular complexity index is 607. The number of nitro groups is 1. The van der Waals surface area contributed by atoms with Gasteiger partial charge in [-0.05, 0) is 24.0 Å². The summed E-state index contributed by atoms with van der Waals surface area (Å²) in [6.45, 7) is 1.38. The van der Waals surface area contributed by atoms with E-state index in [0.29, 0.717) is 24.0 Å². The van der Waals surface area contributed by atoms with E-state index < -0.39 is 23.2 Å². The third-order valence-corrected chi connectivity index (χ3v) is 4.16. The van der Waals surface area contributed by atoms with E-state index in [9.17, 15) is 20.0 Å². The van der Waals surface area contributed by atoms with Crippen LogP contribution in [0.25, 0.3) is 0 Å². The maximum Gasteiger partial charge on any atom is 0.271 e. The summed E-state index contributed by atoms with van der Waals surface area (Å²) in [7, 11) is 1.42. The number of amides is 1. The number of carbonyl (C=O) groups excluding carboxylic acids is 1. The smallest absolute Gasteiger partial charge is 0.271 e. The van der Waals surface area contributed by atoms with Crippen LogP contribution < -0.4 is 5.32 Å². The number of rotatable bonds is 3. The first-order valence-corrected chi connectivity index (χ1v) is 7.17. The molecule has 120 valence electrons. The number of benzene rings is 1. The van der Waals surface area contributed by atoms with Crippen LogP contribution in [-0.4, -0.2) is 35.2 Å². The average Bonchev–Trinajstić information content (AvgIpc) is 2.56. The molecule has 0 heterocycles. The van der Waals surface area contributed by atoms with E-state index in [-0.39, 0.29) is 16.6 Å². The van der Waals surface area contributed by atoms with Crippen molar-refractivity contribution in [1.82, 2.24) is 5.32 Å². The van der Waals surface area contributed by atoms with Crippen molar-refractivity contribution in [2.75, 3.05) is 7.11 Å². The molecule has 1 aromatic carbocycles. The highest BCUT2D eigenvalue weighted by Gasteiger charge is 2.36. The zero-order valence-electron chi connectivity index (χ0n) is 12.2. The van der Waals surface area contributed by atoms with Crippen molar-refractivity contribution >= 4 is 23.2 Å². The largest absolute Gasteiger partial charge is 0.386 e. The summed E-state index contributed by atoms with van der Waals surface area (Å²) in [5.74, 6) is -0.234. The van der Waals surface area contributed by atoms with E-state index in [1.807, 2.05) is 0 Å². The summed E-state index contributed by atoms with van der Waals surface area (Å²) in [5.41, 5.74) is 0.837. The number of nitrogens with zero attached hydrogens (tertiary/aromatic N) is 1. The van der Waals surface area contributed by atoms with E-state index in [4.69, 9.17) is 16.3 Å². The second-order valence-electron chi connectivity index (χ2n) is 5.24. The Morgan fingerprint density at radius 1 is 1.55 bits per heavy atom. The van der Waals surface area contributed by atoms with Crippen LogP contribution in [0.4, 0.5) is 5.69 Å². The lowest BCUT2D eigenvalue weighted by molar-refractivity contribution is -0.385. The Morgan fingerprint density at radius 2 is 2.23 bits per heavy atom. The highest BCUT2D eigenvalue weighted by atomic mass is 35.5. The van der Waals surface area contributed by atoms with Crippen LogP contribution in [0.3, 0.4) is 0 Å². The van der Waals surface area contributed by atoms with Crippen LogP contribution >= 0.6 is 11.6 Å². The summed E-state index contributed by atoms with van der Waals surface area (Å²) in [6.07, 6.45) is -0.826. The number of aliphatic hydroxyl groups is 1. The summed E-state index contributed by atoms with van der Waals surface area (Å²) in [4.78, 5) is 21.7. The van der Waals surface area contributed by atoms with E-state index in [0.717, 1.165) is 0 Å². The second kappa shape index (κ2) is 6.60. The molecule has 1 aliphatic carbocycles. The number of hydrogen-bond donors (Lipinski definition) is 2. The molecule has 22 heavy (non-hydrogen) atoms. The van der Waals surface area contributed by atoms with Crippen molar-refractivity contribution in [1.29, 1.82) is 0 Å². The van der Waals surface area contributed by atoms with Crippen LogP contribution in [-0.2, 0) is 16.0 Å². The molecule has 0 saturated carbocycles. The fraction of sp³-hybridized carbons (Fsp3) is 0.500. The maximum absolute atomic E-state index is 11.3. The van der Waals surface area contributed by atoms with E-state index >= 15 is 0 Å². The third-order valence-electron chi connectivity index (χ3n) is 3.82. The molecule has 0 aromatic heterocycles. The Morgan fingerprint density at radius 3 is 2.77 bits per heavy atom. The lowest BCUT2D eigenvalue weighted by Crippen LogP contribution is -2.45. The number of ether oxygens (including phenoxy) is 1. The highest BCUT2D eigenvalue weighted by molar-refractivity contribution is 6.31. The van der Waals surface area contributed by atoms with Crippen molar-refractivity contribution in [2.24, 2.45) is 0 Å². The van der Waals surface area contributed by atoms with Gasteiger partial charge in [0, 0.05) is 26.2 Å². The molecule has 0 aliphatic heterocycles. The number of halogens is 1. The Labute approximate surface area is 132 Å². The van der Waals surface area contributed by atoms with Crippen LogP contribution in [0, 0.1) is 10.1 Å². The van der Waals surface area contributed by atoms with Gasteiger partial charge in [-0.3, -0.25) is 14.9 Å². The number of methoxy groups -OCH3 is 1. The molecule has 0 unspecified atom stereocenters. The molecule has 1 aliphatic rings. The van der Waals surface area contributed by atoms with Crippen molar-refractivity contribution in [3.05, 3.63) is 38.4 Å². The number of nitrogens with one attached hydrogen (secondary N) is 1. The molecular weight excluding hydrogens is 312 g/mol. The molecule has 2 rings (SSSR count). The zero-order chi connectivity index (χ0) is 16.4. The monoisotopic (exact) mass is 328 g/mol. The molecule has 2 N–H and O–H groups in total. The van der Waals surface area contributed by atoms with Crippen molar-refractivity contribution < 1.29 is 19.6 Å². The SMILES string of the molecule is CO[C@H]1[C@@H](NC(C)=O)CCc2c(Cl)cc([N+](=O)[O-])cc2[C@H]1O. The van der Waals surface area contributed by atoms with Gasteiger partial charge in [0.2, 0.25) is 5.91 Å². The molecule has 3 atom stereocenters. The van der Waals surface area contributed by atoms with Crippen LogP contribution in [0.2, 0.25) is 5.02 Å². The fourth-order valence-electron chi connectivity index (χ4n) is 2.85. The first-order valence-electron chi connectivity index (χ1n) is 6.79. The second-order valence-corrected chi connectivity index (χ2v) is 5.65. The number of non-ortho nitro benzene ring substituents is 1. The van der Waals surface area contributed by atoms with Crippen LogP contribution in [0.15, 0.2) is 12.1 Å². The summed E-state index contributed by atoms with van der Waals surface area (Å²) >= 11 is 6.13. The molecule has 0 bridgehead atoms. The topological polar surface area (TPSA) is 102 Å². The average molecular weight is 329 g/mol. The van der Waals surface area contributed by atoms with Gasteiger partial charge >= 0.3 is 0 Å². The Kier molecular flexibility index (Phi) is 5.00. The standard InChI is InChI=1S/C14H17ClN2O5/c1-7(18)16-12-4-3-9-10(13(19)14(12)22-2)5-8(17(20)21)6-11(9)15/h5-6,12-14,19H,3-4H2,1-2H3,(H,16,18)/t12-,13+,14-/m0/s1. The number of nitro benzene ring substituents is 1. The first-order chi connectivity index (χ1) is 10.3. The third kappa shape index (κ3) is 3.21. The number of carbonyl (C=O) groups is 1. The molecule has 0 saturated heterocycles. The summed E-state index contributed by atoms with van der Waals surface area (Å²) in [5, 5.41) is 24.5. The highest BCUT2D eigenvalue weighted by Crippen LogP contribution is 2.37. The number of hydrogen-bond acceptors (Lipinski definition) is 5. The minimum Gasteiger partial charge on any atom is -0.386 e. The number of fused-ring (bicyclic) bond motifs is 1. The molecule has 0 fully saturated rings. The molecule has 1 aromatic rings. The first kappa shape index (κ1) is 16.7. The van der Waals surface area contributed by atoms with Crippen LogP contribution in [0.1, 0.15) is 30.6 Å². The van der Waals surface area contributed by atoms with E-state index in [1.165, 1.54) is 26.2 Å². The van der Waals surface area contributed by atoms with Gasteiger partial charge in [0.25, 0.3) is 5.69 Å². The molecule has 0 spiro atoms. The van der Waals surface area contributed by atoms with Crippen molar-refractivity contribution in [2.45, 2.75) is 38.0 Å². The predicted molar refractivity (Wildman–Crippen MR) is 79.8 cm³/mol. The number of aliphatic hydroxyl groups excluding tert-OH is 1. The summed E-state index contributed by atoms with van der Waals surface area (Å²) < 4.78 is 5.32. The molecule has 0 radical (unpaired) electrons. The molecule has 8 heteroatoms. The minimum absolute atomic E-state index is 0.185. The van der Waals surface area contributed by atoms with E-state index in [2.05, 4.69) is 5.32 Å². The maximum atomic E-state index is 11.3. The summed E-state index contributed by atoms with van der Waals surface area (Å²) in [6, 6.07) is 2.18. The van der Waals surface area contributed by atoms with Gasteiger partial charge < -0.3 is 15.2 Å². The van der Waals surface area contributed by atoms with Gasteiger partial charge in [-0.15, -0.1) is 0 Å². The normalized spacial score (nSPS) is 24.3.